The number of hydrogen-bond acceptors (Lipinski definition) is 4. The highest BCUT2D eigenvalue weighted by atomic mass is 16.5. The monoisotopic (exact) mass is 346 g/mol. The van der Waals surface area contributed by atoms with E-state index in [0.29, 0.717) is 30.3 Å². The Kier molecular flexibility index (Phi) is 5.46. The van der Waals surface area contributed by atoms with E-state index in [0.717, 1.165) is 25.7 Å². The van der Waals surface area contributed by atoms with E-state index < -0.39 is 0 Å². The number of methoxy groups -OCH3 is 2. The van der Waals surface area contributed by atoms with Gasteiger partial charge in [0, 0.05) is 36.7 Å². The molecule has 1 aliphatic heterocycles. The van der Waals surface area contributed by atoms with E-state index in [2.05, 4.69) is 5.32 Å². The summed E-state index contributed by atoms with van der Waals surface area (Å²) in [7, 11) is 3.15. The lowest BCUT2D eigenvalue weighted by molar-refractivity contribution is -0.140. The third-order valence-electron chi connectivity index (χ3n) is 5.28. The number of hydrogen-bond donors (Lipinski definition) is 1. The van der Waals surface area contributed by atoms with E-state index in [-0.39, 0.29) is 23.7 Å². The first-order chi connectivity index (χ1) is 12.1. The lowest BCUT2D eigenvalue weighted by Crippen LogP contribution is -2.45. The van der Waals surface area contributed by atoms with Gasteiger partial charge in [-0.05, 0) is 37.8 Å². The minimum atomic E-state index is -0.0569. The van der Waals surface area contributed by atoms with Crippen molar-refractivity contribution in [3.63, 3.8) is 0 Å². The van der Waals surface area contributed by atoms with E-state index >= 15 is 0 Å². The van der Waals surface area contributed by atoms with Gasteiger partial charge in [-0.1, -0.05) is 6.42 Å². The number of piperidine rings is 1. The van der Waals surface area contributed by atoms with Gasteiger partial charge >= 0.3 is 0 Å². The van der Waals surface area contributed by atoms with Crippen molar-refractivity contribution < 1.29 is 19.1 Å². The highest BCUT2D eigenvalue weighted by molar-refractivity contribution is 5.93. The van der Waals surface area contributed by atoms with Gasteiger partial charge in [-0.3, -0.25) is 9.59 Å². The molecule has 2 fully saturated rings. The van der Waals surface area contributed by atoms with Gasteiger partial charge in [0.25, 0.3) is 0 Å². The van der Waals surface area contributed by atoms with Crippen molar-refractivity contribution in [2.45, 2.75) is 32.1 Å². The second-order valence-corrected chi connectivity index (χ2v) is 6.79. The van der Waals surface area contributed by atoms with E-state index in [1.165, 1.54) is 6.42 Å². The first kappa shape index (κ1) is 17.6. The number of nitrogens with zero attached hydrogens (tertiary/aromatic N) is 1. The van der Waals surface area contributed by atoms with Crippen molar-refractivity contribution in [1.82, 2.24) is 4.90 Å². The summed E-state index contributed by atoms with van der Waals surface area (Å²) in [6.45, 7) is 1.36. The SMILES string of the molecule is COc1ccc(NC(=O)C2CCN(C(=O)C3CCC3)CC2)cc1OC. The van der Waals surface area contributed by atoms with Crippen LogP contribution >= 0.6 is 0 Å². The standard InChI is InChI=1S/C19H26N2O4/c1-24-16-7-6-15(12-17(16)25-2)20-18(22)13-8-10-21(11-9-13)19(23)14-4-3-5-14/h6-7,12-14H,3-5,8-11H2,1-2H3,(H,20,22). The van der Waals surface area contributed by atoms with Crippen molar-refractivity contribution in [2.75, 3.05) is 32.6 Å². The van der Waals surface area contributed by atoms with E-state index in [9.17, 15) is 9.59 Å². The van der Waals surface area contributed by atoms with Crippen LogP contribution in [0.2, 0.25) is 0 Å². The second kappa shape index (κ2) is 7.76. The van der Waals surface area contributed by atoms with Gasteiger partial charge in [0.05, 0.1) is 14.2 Å². The number of ether oxygens (including phenoxy) is 2. The Bertz CT molecular complexity index is 634. The quantitative estimate of drug-likeness (QED) is 0.890. The highest BCUT2D eigenvalue weighted by Crippen LogP contribution is 2.32. The zero-order chi connectivity index (χ0) is 17.8. The molecule has 2 amide bonds. The third-order valence-corrected chi connectivity index (χ3v) is 5.28. The topological polar surface area (TPSA) is 67.9 Å². The van der Waals surface area contributed by atoms with Crippen LogP contribution in [0.5, 0.6) is 11.5 Å². The van der Waals surface area contributed by atoms with Crippen LogP contribution in [0.1, 0.15) is 32.1 Å². The molecular formula is C19H26N2O4. The van der Waals surface area contributed by atoms with Crippen LogP contribution in [-0.4, -0.2) is 44.0 Å². The number of nitrogens with one attached hydrogen (secondary N) is 1. The van der Waals surface area contributed by atoms with Crippen LogP contribution in [0.25, 0.3) is 0 Å². The number of carbonyl (C=O) groups excluding carboxylic acids is 2. The number of carbonyl (C=O) groups is 2. The Hall–Kier alpha value is -2.24. The lowest BCUT2D eigenvalue weighted by atomic mass is 9.83. The fourth-order valence-electron chi connectivity index (χ4n) is 3.43. The minimum Gasteiger partial charge on any atom is -0.493 e. The first-order valence-corrected chi connectivity index (χ1v) is 8.94. The summed E-state index contributed by atoms with van der Waals surface area (Å²) >= 11 is 0. The number of rotatable bonds is 5. The number of likely N-dealkylation sites (tertiary alicyclic amines) is 1. The van der Waals surface area contributed by atoms with Gasteiger partial charge in [0.1, 0.15) is 0 Å². The van der Waals surface area contributed by atoms with Crippen LogP contribution in [0.3, 0.4) is 0 Å². The van der Waals surface area contributed by atoms with Crippen LogP contribution in [0.15, 0.2) is 18.2 Å². The van der Waals surface area contributed by atoms with Crippen LogP contribution < -0.4 is 14.8 Å². The lowest BCUT2D eigenvalue weighted by Gasteiger charge is -2.36. The summed E-state index contributed by atoms with van der Waals surface area (Å²) in [5.74, 6) is 1.67. The zero-order valence-corrected chi connectivity index (χ0v) is 14.9. The molecule has 2 aliphatic rings. The number of benzene rings is 1. The van der Waals surface area contributed by atoms with Crippen molar-refractivity contribution >= 4 is 17.5 Å². The van der Waals surface area contributed by atoms with Gasteiger partial charge in [0.2, 0.25) is 11.8 Å². The van der Waals surface area contributed by atoms with Crippen LogP contribution in [0.4, 0.5) is 5.69 Å². The molecule has 1 N–H and O–H groups in total. The largest absolute Gasteiger partial charge is 0.493 e. The fraction of sp³-hybridized carbons (Fsp3) is 0.579. The normalized spacial score (nSPS) is 18.4. The molecule has 0 spiro atoms. The Labute approximate surface area is 148 Å². The van der Waals surface area contributed by atoms with Gasteiger partial charge < -0.3 is 19.7 Å². The zero-order valence-electron chi connectivity index (χ0n) is 14.9. The molecule has 0 unspecified atom stereocenters. The van der Waals surface area contributed by atoms with Gasteiger partial charge in [-0.25, -0.2) is 0 Å². The van der Waals surface area contributed by atoms with Crippen LogP contribution in [-0.2, 0) is 9.59 Å². The predicted octanol–water partition coefficient (Wildman–Crippen LogP) is 2.68. The van der Waals surface area contributed by atoms with E-state index in [1.807, 2.05) is 4.90 Å². The number of anilines is 1. The average molecular weight is 346 g/mol. The maximum absolute atomic E-state index is 12.5. The van der Waals surface area contributed by atoms with Gasteiger partial charge in [0.15, 0.2) is 11.5 Å². The Morgan fingerprint density at radius 1 is 1.00 bits per heavy atom. The molecule has 1 aliphatic carbocycles. The molecule has 1 aromatic carbocycles. The second-order valence-electron chi connectivity index (χ2n) is 6.79. The molecule has 1 heterocycles. The average Bonchev–Trinajstić information content (AvgIpc) is 2.60. The molecular weight excluding hydrogens is 320 g/mol. The molecule has 1 saturated carbocycles. The van der Waals surface area contributed by atoms with Gasteiger partial charge in [-0.2, -0.15) is 0 Å². The highest BCUT2D eigenvalue weighted by Gasteiger charge is 2.33. The maximum Gasteiger partial charge on any atom is 0.227 e. The van der Waals surface area contributed by atoms with Crippen LogP contribution in [0, 0.1) is 11.8 Å². The summed E-state index contributed by atoms with van der Waals surface area (Å²) in [6, 6.07) is 5.33. The Morgan fingerprint density at radius 2 is 1.68 bits per heavy atom. The number of amides is 2. The van der Waals surface area contributed by atoms with Crippen molar-refractivity contribution in [3.05, 3.63) is 18.2 Å². The van der Waals surface area contributed by atoms with Crippen molar-refractivity contribution in [2.24, 2.45) is 11.8 Å². The molecule has 0 bridgehead atoms. The van der Waals surface area contributed by atoms with E-state index in [4.69, 9.17) is 9.47 Å². The molecule has 6 nitrogen and oxygen atoms in total. The summed E-state index contributed by atoms with van der Waals surface area (Å²) in [5, 5.41) is 2.95. The smallest absolute Gasteiger partial charge is 0.227 e. The summed E-state index contributed by atoms with van der Waals surface area (Å²) in [5.41, 5.74) is 0.690. The minimum absolute atomic E-state index is 0.00274. The molecule has 25 heavy (non-hydrogen) atoms. The molecule has 136 valence electrons. The first-order valence-electron chi connectivity index (χ1n) is 8.94. The molecule has 3 rings (SSSR count). The third kappa shape index (κ3) is 3.89. The van der Waals surface area contributed by atoms with Crippen molar-refractivity contribution in [3.8, 4) is 11.5 Å². The van der Waals surface area contributed by atoms with Gasteiger partial charge in [-0.15, -0.1) is 0 Å². The summed E-state index contributed by atoms with van der Waals surface area (Å²) < 4.78 is 10.5. The fourth-order valence-corrected chi connectivity index (χ4v) is 3.43. The molecule has 1 saturated heterocycles. The molecule has 0 aromatic heterocycles. The van der Waals surface area contributed by atoms with E-state index in [1.54, 1.807) is 32.4 Å². The summed E-state index contributed by atoms with van der Waals surface area (Å²) in [4.78, 5) is 26.7. The molecule has 1 aromatic rings. The van der Waals surface area contributed by atoms with Crippen molar-refractivity contribution in [1.29, 1.82) is 0 Å². The maximum atomic E-state index is 12.5. The predicted molar refractivity (Wildman–Crippen MR) is 94.8 cm³/mol. The Morgan fingerprint density at radius 3 is 2.24 bits per heavy atom. The molecule has 0 atom stereocenters. The molecule has 0 radical (unpaired) electrons. The summed E-state index contributed by atoms with van der Waals surface area (Å²) in [6.07, 6.45) is 4.66. The molecule has 6 heteroatoms. The Balaban J connectivity index is 1.53.